The fraction of sp³-hybridized carbons (Fsp3) is 0.235. The minimum absolute atomic E-state index is 0.836. The van der Waals surface area contributed by atoms with Gasteiger partial charge in [-0.1, -0.05) is 48.6 Å². The van der Waals surface area contributed by atoms with Crippen molar-refractivity contribution in [3.8, 4) is 0 Å². The maximum absolute atomic E-state index is 4.65. The highest BCUT2D eigenvalue weighted by atomic mass is 32.1. The number of thiazole rings is 1. The quantitative estimate of drug-likeness (QED) is 0.745. The molecule has 0 aliphatic carbocycles. The van der Waals surface area contributed by atoms with Crippen molar-refractivity contribution < 1.29 is 0 Å². The maximum atomic E-state index is 4.65. The molecule has 102 valence electrons. The van der Waals surface area contributed by atoms with Gasteiger partial charge in [-0.3, -0.25) is 0 Å². The van der Waals surface area contributed by atoms with E-state index in [1.807, 2.05) is 0 Å². The van der Waals surface area contributed by atoms with Gasteiger partial charge in [-0.05, 0) is 42.2 Å². The van der Waals surface area contributed by atoms with E-state index in [0.717, 1.165) is 23.6 Å². The number of aromatic nitrogens is 1. The lowest BCUT2D eigenvalue weighted by Crippen LogP contribution is -2.01. The van der Waals surface area contributed by atoms with Gasteiger partial charge in [0.05, 0.1) is 10.2 Å². The molecule has 0 fully saturated rings. The molecule has 2 nitrogen and oxygen atoms in total. The first kappa shape index (κ1) is 13.1. The molecule has 1 aromatic heterocycles. The van der Waals surface area contributed by atoms with Crippen molar-refractivity contribution in [2.45, 2.75) is 26.8 Å². The number of hydrogen-bond donors (Lipinski definition) is 1. The number of aryl methyl sites for hydroxylation is 2. The maximum Gasteiger partial charge on any atom is 0.184 e. The van der Waals surface area contributed by atoms with Crippen molar-refractivity contribution in [2.75, 3.05) is 5.32 Å². The Bertz CT molecular complexity index is 731. The molecule has 0 amide bonds. The van der Waals surface area contributed by atoms with Gasteiger partial charge in [-0.25, -0.2) is 4.98 Å². The Morgan fingerprint density at radius 1 is 1.10 bits per heavy atom. The molecule has 1 N–H and O–H groups in total. The van der Waals surface area contributed by atoms with E-state index in [0.29, 0.717) is 0 Å². The van der Waals surface area contributed by atoms with E-state index < -0.39 is 0 Å². The van der Waals surface area contributed by atoms with E-state index in [2.05, 4.69) is 66.6 Å². The summed E-state index contributed by atoms with van der Waals surface area (Å²) in [5.74, 6) is 0. The zero-order chi connectivity index (χ0) is 13.9. The van der Waals surface area contributed by atoms with Gasteiger partial charge in [0.15, 0.2) is 5.13 Å². The summed E-state index contributed by atoms with van der Waals surface area (Å²) in [5.41, 5.74) is 5.09. The van der Waals surface area contributed by atoms with Gasteiger partial charge in [0.2, 0.25) is 0 Å². The fourth-order valence-electron chi connectivity index (χ4n) is 2.36. The van der Waals surface area contributed by atoms with Crippen molar-refractivity contribution >= 4 is 26.7 Å². The van der Waals surface area contributed by atoms with Crippen LogP contribution < -0.4 is 5.32 Å². The van der Waals surface area contributed by atoms with E-state index >= 15 is 0 Å². The highest BCUT2D eigenvalue weighted by Gasteiger charge is 2.05. The van der Waals surface area contributed by atoms with Crippen LogP contribution in [-0.2, 0) is 13.0 Å². The van der Waals surface area contributed by atoms with E-state index in [1.54, 1.807) is 11.3 Å². The van der Waals surface area contributed by atoms with Gasteiger partial charge >= 0.3 is 0 Å². The van der Waals surface area contributed by atoms with E-state index in [4.69, 9.17) is 0 Å². The third-order valence-corrected chi connectivity index (χ3v) is 4.47. The molecule has 3 rings (SSSR count). The van der Waals surface area contributed by atoms with Gasteiger partial charge in [0.25, 0.3) is 0 Å². The zero-order valence-corrected chi connectivity index (χ0v) is 12.6. The Balaban J connectivity index is 1.79. The van der Waals surface area contributed by atoms with Crippen LogP contribution in [0, 0.1) is 6.92 Å². The van der Waals surface area contributed by atoms with Crippen LogP contribution in [0.25, 0.3) is 10.2 Å². The van der Waals surface area contributed by atoms with Gasteiger partial charge in [-0.15, -0.1) is 0 Å². The average Bonchev–Trinajstić information content (AvgIpc) is 2.87. The monoisotopic (exact) mass is 282 g/mol. The van der Waals surface area contributed by atoms with Gasteiger partial charge in [0, 0.05) is 6.54 Å². The number of rotatable bonds is 4. The van der Waals surface area contributed by atoms with Crippen molar-refractivity contribution in [3.05, 3.63) is 59.2 Å². The molecule has 0 atom stereocenters. The molecule has 0 radical (unpaired) electrons. The zero-order valence-electron chi connectivity index (χ0n) is 11.8. The molecule has 20 heavy (non-hydrogen) atoms. The predicted molar refractivity (Wildman–Crippen MR) is 87.5 cm³/mol. The number of nitrogens with zero attached hydrogens (tertiary/aromatic N) is 1. The third kappa shape index (κ3) is 2.68. The Kier molecular flexibility index (Phi) is 3.70. The topological polar surface area (TPSA) is 24.9 Å². The predicted octanol–water partition coefficient (Wildman–Crippen LogP) is 4.78. The lowest BCUT2D eigenvalue weighted by Gasteiger charge is -2.07. The smallest absolute Gasteiger partial charge is 0.184 e. The molecule has 3 heteroatoms. The van der Waals surface area contributed by atoms with E-state index in [-0.39, 0.29) is 0 Å². The lowest BCUT2D eigenvalue weighted by molar-refractivity contribution is 1.04. The molecule has 0 saturated heterocycles. The van der Waals surface area contributed by atoms with Crippen molar-refractivity contribution in [2.24, 2.45) is 0 Å². The molecule has 2 aromatic carbocycles. The number of nitrogens with one attached hydrogen (secondary N) is 1. The van der Waals surface area contributed by atoms with Crippen molar-refractivity contribution in [1.82, 2.24) is 4.98 Å². The summed E-state index contributed by atoms with van der Waals surface area (Å²) in [6, 6.07) is 15.0. The fourth-order valence-corrected chi connectivity index (χ4v) is 3.20. The summed E-state index contributed by atoms with van der Waals surface area (Å²) in [6.07, 6.45) is 1.07. The SMILES string of the molecule is CCc1ccccc1CNc1nc2cc(C)ccc2s1. The molecular formula is C17H18N2S. The molecule has 3 aromatic rings. The molecule has 0 saturated carbocycles. The van der Waals surface area contributed by atoms with Gasteiger partial charge in [0.1, 0.15) is 0 Å². The highest BCUT2D eigenvalue weighted by Crippen LogP contribution is 2.27. The molecule has 0 aliphatic heterocycles. The first-order valence-electron chi connectivity index (χ1n) is 6.94. The Labute approximate surface area is 123 Å². The largest absolute Gasteiger partial charge is 0.357 e. The Hall–Kier alpha value is -1.87. The van der Waals surface area contributed by atoms with Crippen molar-refractivity contribution in [1.29, 1.82) is 0 Å². The lowest BCUT2D eigenvalue weighted by atomic mass is 10.1. The molecule has 0 spiro atoms. The van der Waals surface area contributed by atoms with Crippen molar-refractivity contribution in [3.63, 3.8) is 0 Å². The van der Waals surface area contributed by atoms with Crippen LogP contribution in [0.15, 0.2) is 42.5 Å². The van der Waals surface area contributed by atoms with Gasteiger partial charge < -0.3 is 5.32 Å². The molecule has 1 heterocycles. The normalized spacial score (nSPS) is 10.9. The second-order valence-corrected chi connectivity index (χ2v) is 6.00. The number of benzene rings is 2. The molecule has 0 aliphatic rings. The van der Waals surface area contributed by atoms with Crippen LogP contribution in [0.2, 0.25) is 0 Å². The highest BCUT2D eigenvalue weighted by molar-refractivity contribution is 7.22. The summed E-state index contributed by atoms with van der Waals surface area (Å²) in [5, 5.41) is 4.45. The Morgan fingerprint density at radius 3 is 2.70 bits per heavy atom. The summed E-state index contributed by atoms with van der Waals surface area (Å²) in [7, 11) is 0. The van der Waals surface area contributed by atoms with Crippen LogP contribution in [0.5, 0.6) is 0 Å². The minimum atomic E-state index is 0.836. The average molecular weight is 282 g/mol. The number of anilines is 1. The van der Waals surface area contributed by atoms with Crippen LogP contribution in [0.3, 0.4) is 0 Å². The van der Waals surface area contributed by atoms with Gasteiger partial charge in [-0.2, -0.15) is 0 Å². The molecule has 0 bridgehead atoms. The molecular weight excluding hydrogens is 264 g/mol. The first-order valence-corrected chi connectivity index (χ1v) is 7.76. The first-order chi connectivity index (χ1) is 9.76. The van der Waals surface area contributed by atoms with E-state index in [9.17, 15) is 0 Å². The van der Waals surface area contributed by atoms with Crippen LogP contribution in [0.1, 0.15) is 23.6 Å². The summed E-state index contributed by atoms with van der Waals surface area (Å²) in [6.45, 7) is 5.13. The second-order valence-electron chi connectivity index (χ2n) is 4.97. The van der Waals surface area contributed by atoms with Crippen LogP contribution >= 0.6 is 11.3 Å². The standard InChI is InChI=1S/C17H18N2S/c1-3-13-6-4-5-7-14(13)11-18-17-19-15-10-12(2)8-9-16(15)20-17/h4-10H,3,11H2,1-2H3,(H,18,19). The van der Waals surface area contributed by atoms with E-state index in [1.165, 1.54) is 21.4 Å². The minimum Gasteiger partial charge on any atom is -0.357 e. The number of hydrogen-bond acceptors (Lipinski definition) is 3. The summed E-state index contributed by atoms with van der Waals surface area (Å²) >= 11 is 1.72. The summed E-state index contributed by atoms with van der Waals surface area (Å²) in [4.78, 5) is 4.65. The Morgan fingerprint density at radius 2 is 1.90 bits per heavy atom. The summed E-state index contributed by atoms with van der Waals surface area (Å²) < 4.78 is 1.24. The number of fused-ring (bicyclic) bond motifs is 1. The molecule has 0 unspecified atom stereocenters. The van der Waals surface area contributed by atoms with Crippen LogP contribution in [-0.4, -0.2) is 4.98 Å². The third-order valence-electron chi connectivity index (χ3n) is 3.47. The van der Waals surface area contributed by atoms with Crippen LogP contribution in [0.4, 0.5) is 5.13 Å². The second kappa shape index (κ2) is 5.63.